The van der Waals surface area contributed by atoms with E-state index in [1.54, 1.807) is 5.41 Å². The maximum Gasteiger partial charge on any atom is 0.0516 e. The van der Waals surface area contributed by atoms with E-state index in [2.05, 4.69) is 38.4 Å². The molecule has 0 N–H and O–H groups in total. The van der Waals surface area contributed by atoms with Gasteiger partial charge in [0.15, 0.2) is 0 Å². The highest BCUT2D eigenvalue weighted by Crippen LogP contribution is 2.26. The molecule has 0 saturated carbocycles. The Morgan fingerprint density at radius 2 is 1.73 bits per heavy atom. The second-order valence-corrected chi connectivity index (χ2v) is 4.08. The molecule has 0 fully saturated rings. The first-order valence-electron chi connectivity index (χ1n) is 3.74. The van der Waals surface area contributed by atoms with Crippen LogP contribution in [-0.4, -0.2) is 5.71 Å². The minimum atomic E-state index is 0.0962. The maximum absolute atomic E-state index is 4.37. The SMILES string of the molecule is CC(C)=N/C(=C\S)C(C)(C)C. The van der Waals surface area contributed by atoms with Crippen molar-refractivity contribution in [3.05, 3.63) is 11.1 Å². The second kappa shape index (κ2) is 3.96. The predicted molar refractivity (Wildman–Crippen MR) is 55.3 cm³/mol. The number of allylic oxidation sites excluding steroid dienone is 1. The quantitative estimate of drug-likeness (QED) is 0.459. The van der Waals surface area contributed by atoms with Crippen LogP contribution in [0.3, 0.4) is 0 Å². The van der Waals surface area contributed by atoms with E-state index in [-0.39, 0.29) is 5.41 Å². The molecule has 0 aromatic carbocycles. The molecular formula is C9H17NS. The van der Waals surface area contributed by atoms with Gasteiger partial charge >= 0.3 is 0 Å². The van der Waals surface area contributed by atoms with Crippen LogP contribution >= 0.6 is 12.6 Å². The largest absolute Gasteiger partial charge is 0.262 e. The first-order chi connectivity index (χ1) is 4.88. The number of nitrogens with zero attached hydrogens (tertiary/aromatic N) is 1. The normalized spacial score (nSPS) is 13.1. The van der Waals surface area contributed by atoms with Gasteiger partial charge in [0, 0.05) is 11.1 Å². The van der Waals surface area contributed by atoms with Crippen molar-refractivity contribution < 1.29 is 0 Å². The Morgan fingerprint density at radius 3 is 1.82 bits per heavy atom. The minimum absolute atomic E-state index is 0.0962. The predicted octanol–water partition coefficient (Wildman–Crippen LogP) is 3.28. The van der Waals surface area contributed by atoms with E-state index in [4.69, 9.17) is 0 Å². The Balaban J connectivity index is 4.60. The third kappa shape index (κ3) is 4.25. The van der Waals surface area contributed by atoms with Gasteiger partial charge in [-0.1, -0.05) is 20.8 Å². The Kier molecular flexibility index (Phi) is 3.87. The van der Waals surface area contributed by atoms with Crippen molar-refractivity contribution in [2.45, 2.75) is 34.6 Å². The van der Waals surface area contributed by atoms with Crippen molar-refractivity contribution in [2.75, 3.05) is 0 Å². The highest BCUT2D eigenvalue weighted by molar-refractivity contribution is 7.83. The highest BCUT2D eigenvalue weighted by Gasteiger charge is 2.15. The van der Waals surface area contributed by atoms with Crippen molar-refractivity contribution in [3.8, 4) is 0 Å². The van der Waals surface area contributed by atoms with Gasteiger partial charge in [-0.25, -0.2) is 0 Å². The van der Waals surface area contributed by atoms with E-state index in [9.17, 15) is 0 Å². The number of thiol groups is 1. The Bertz CT molecular complexity index is 180. The van der Waals surface area contributed by atoms with Gasteiger partial charge < -0.3 is 0 Å². The van der Waals surface area contributed by atoms with Crippen molar-refractivity contribution in [2.24, 2.45) is 10.4 Å². The summed E-state index contributed by atoms with van der Waals surface area (Å²) >= 11 is 4.11. The molecule has 0 aromatic rings. The van der Waals surface area contributed by atoms with Gasteiger partial charge in [-0.2, -0.15) is 0 Å². The van der Waals surface area contributed by atoms with Gasteiger partial charge in [0.25, 0.3) is 0 Å². The average Bonchev–Trinajstić information content (AvgIpc) is 1.79. The molecule has 0 radical (unpaired) electrons. The zero-order valence-corrected chi connectivity index (χ0v) is 8.87. The first-order valence-corrected chi connectivity index (χ1v) is 4.26. The molecule has 0 unspecified atom stereocenters. The average molecular weight is 171 g/mol. The molecule has 0 spiro atoms. The molecule has 2 heteroatoms. The van der Waals surface area contributed by atoms with Gasteiger partial charge in [-0.15, -0.1) is 12.6 Å². The van der Waals surface area contributed by atoms with Crippen molar-refractivity contribution in [3.63, 3.8) is 0 Å². The zero-order valence-electron chi connectivity index (χ0n) is 7.97. The van der Waals surface area contributed by atoms with Gasteiger partial charge in [-0.3, -0.25) is 4.99 Å². The molecule has 0 aromatic heterocycles. The third-order valence-corrected chi connectivity index (χ3v) is 1.48. The van der Waals surface area contributed by atoms with Crippen LogP contribution in [0.4, 0.5) is 0 Å². The summed E-state index contributed by atoms with van der Waals surface area (Å²) in [6.45, 7) is 10.4. The summed E-state index contributed by atoms with van der Waals surface area (Å²) in [6, 6.07) is 0. The van der Waals surface area contributed by atoms with Crippen molar-refractivity contribution in [1.82, 2.24) is 0 Å². The molecule has 0 saturated heterocycles. The monoisotopic (exact) mass is 171 g/mol. The van der Waals surface area contributed by atoms with Crippen LogP contribution in [0.5, 0.6) is 0 Å². The smallest absolute Gasteiger partial charge is 0.0516 e. The fourth-order valence-electron chi connectivity index (χ4n) is 0.631. The molecule has 0 rings (SSSR count). The maximum atomic E-state index is 4.37. The Labute approximate surface area is 75.0 Å². The number of aliphatic imine (C=N–C) groups is 1. The highest BCUT2D eigenvalue weighted by atomic mass is 32.1. The van der Waals surface area contributed by atoms with Crippen LogP contribution in [0.2, 0.25) is 0 Å². The van der Waals surface area contributed by atoms with Crippen LogP contribution < -0.4 is 0 Å². The number of rotatable bonds is 1. The van der Waals surface area contributed by atoms with E-state index >= 15 is 0 Å². The van der Waals surface area contributed by atoms with Gasteiger partial charge in [0.2, 0.25) is 0 Å². The Morgan fingerprint density at radius 1 is 1.27 bits per heavy atom. The zero-order chi connectivity index (χ0) is 9.07. The van der Waals surface area contributed by atoms with Crippen molar-refractivity contribution >= 4 is 18.3 Å². The lowest BCUT2D eigenvalue weighted by atomic mass is 9.93. The molecule has 0 amide bonds. The number of hydrogen-bond donors (Lipinski definition) is 1. The summed E-state index contributed by atoms with van der Waals surface area (Å²) in [5.74, 6) is 0. The summed E-state index contributed by atoms with van der Waals surface area (Å²) in [6.07, 6.45) is 0. The lowest BCUT2D eigenvalue weighted by Crippen LogP contribution is -2.08. The summed E-state index contributed by atoms with van der Waals surface area (Å²) < 4.78 is 0. The van der Waals surface area contributed by atoms with Gasteiger partial charge in [-0.05, 0) is 19.3 Å². The van der Waals surface area contributed by atoms with Crippen LogP contribution in [0.1, 0.15) is 34.6 Å². The van der Waals surface area contributed by atoms with E-state index in [0.717, 1.165) is 11.4 Å². The molecule has 0 aliphatic heterocycles. The molecule has 0 aliphatic carbocycles. The van der Waals surface area contributed by atoms with Crippen LogP contribution in [0.15, 0.2) is 16.1 Å². The summed E-state index contributed by atoms with van der Waals surface area (Å²) in [5, 5.41) is 1.77. The first kappa shape index (κ1) is 10.8. The van der Waals surface area contributed by atoms with Crippen LogP contribution in [-0.2, 0) is 0 Å². The summed E-state index contributed by atoms with van der Waals surface area (Å²) in [5.41, 5.74) is 2.19. The van der Waals surface area contributed by atoms with E-state index in [1.807, 2.05) is 13.8 Å². The van der Waals surface area contributed by atoms with E-state index in [0.29, 0.717) is 0 Å². The lowest BCUT2D eigenvalue weighted by molar-refractivity contribution is 0.499. The van der Waals surface area contributed by atoms with Crippen LogP contribution in [0, 0.1) is 5.41 Å². The minimum Gasteiger partial charge on any atom is -0.262 e. The van der Waals surface area contributed by atoms with Crippen molar-refractivity contribution in [1.29, 1.82) is 0 Å². The Hall–Kier alpha value is -0.240. The van der Waals surface area contributed by atoms with E-state index in [1.165, 1.54) is 0 Å². The topological polar surface area (TPSA) is 12.4 Å². The van der Waals surface area contributed by atoms with Gasteiger partial charge in [0.05, 0.1) is 5.70 Å². The molecule has 0 bridgehead atoms. The lowest BCUT2D eigenvalue weighted by Gasteiger charge is -2.18. The fourth-order valence-corrected chi connectivity index (χ4v) is 1.08. The molecule has 1 nitrogen and oxygen atoms in total. The number of hydrogen-bond acceptors (Lipinski definition) is 2. The second-order valence-electron chi connectivity index (χ2n) is 3.82. The van der Waals surface area contributed by atoms with Gasteiger partial charge in [0.1, 0.15) is 0 Å². The van der Waals surface area contributed by atoms with Crippen LogP contribution in [0.25, 0.3) is 0 Å². The molecule has 64 valence electrons. The standard InChI is InChI=1S/C9H17NS/c1-7(2)10-8(6-11)9(3,4)5/h6,11H,1-5H3/b8-6-. The molecule has 0 atom stereocenters. The van der Waals surface area contributed by atoms with E-state index < -0.39 is 0 Å². The molecule has 0 heterocycles. The third-order valence-electron chi connectivity index (χ3n) is 1.23. The fraction of sp³-hybridized carbons (Fsp3) is 0.667. The molecule has 0 aliphatic rings. The summed E-state index contributed by atoms with van der Waals surface area (Å²) in [4.78, 5) is 4.37. The molecule has 11 heavy (non-hydrogen) atoms. The summed E-state index contributed by atoms with van der Waals surface area (Å²) in [7, 11) is 0. The molecular weight excluding hydrogens is 154 g/mol.